The van der Waals surface area contributed by atoms with Gasteiger partial charge in [0.05, 0.1) is 12.8 Å². The molecule has 1 saturated heterocycles. The molecule has 0 amide bonds. The van der Waals surface area contributed by atoms with Crippen molar-refractivity contribution in [1.29, 1.82) is 0 Å². The SMILES string of the molecule is COc1ccc(N2CCN(c3ccc(-c4ccc(Br)cc4)nn3)CC2)cc1. The number of methoxy groups -OCH3 is 1. The molecule has 0 aliphatic carbocycles. The minimum absolute atomic E-state index is 0.888. The van der Waals surface area contributed by atoms with Gasteiger partial charge >= 0.3 is 0 Å². The first kappa shape index (κ1) is 17.8. The minimum atomic E-state index is 0.888. The van der Waals surface area contributed by atoms with Gasteiger partial charge in [0.25, 0.3) is 0 Å². The molecule has 2 aromatic carbocycles. The Bertz CT molecular complexity index is 874. The first-order chi connectivity index (χ1) is 13.2. The molecule has 4 rings (SSSR count). The second-order valence-corrected chi connectivity index (χ2v) is 7.37. The van der Waals surface area contributed by atoms with Crippen molar-refractivity contribution >= 4 is 27.4 Å². The molecule has 2 heterocycles. The third kappa shape index (κ3) is 4.06. The van der Waals surface area contributed by atoms with Crippen LogP contribution in [-0.4, -0.2) is 43.5 Å². The number of piperazine rings is 1. The number of nitrogens with zero attached hydrogens (tertiary/aromatic N) is 4. The van der Waals surface area contributed by atoms with Crippen LogP contribution in [0.3, 0.4) is 0 Å². The average molecular weight is 425 g/mol. The van der Waals surface area contributed by atoms with E-state index in [4.69, 9.17) is 4.74 Å². The van der Waals surface area contributed by atoms with Crippen LogP contribution in [0.5, 0.6) is 5.75 Å². The van der Waals surface area contributed by atoms with Gasteiger partial charge in [0.1, 0.15) is 5.75 Å². The number of aromatic nitrogens is 2. The van der Waals surface area contributed by atoms with Crippen molar-refractivity contribution < 1.29 is 4.74 Å². The third-order valence-corrected chi connectivity index (χ3v) is 5.36. The first-order valence-corrected chi connectivity index (χ1v) is 9.76. The molecule has 27 heavy (non-hydrogen) atoms. The van der Waals surface area contributed by atoms with Crippen molar-refractivity contribution in [1.82, 2.24) is 10.2 Å². The lowest BCUT2D eigenvalue weighted by Gasteiger charge is -2.36. The van der Waals surface area contributed by atoms with Crippen LogP contribution in [0.4, 0.5) is 11.5 Å². The van der Waals surface area contributed by atoms with E-state index in [9.17, 15) is 0 Å². The maximum Gasteiger partial charge on any atom is 0.151 e. The van der Waals surface area contributed by atoms with E-state index in [1.807, 2.05) is 42.5 Å². The van der Waals surface area contributed by atoms with Crippen molar-refractivity contribution in [2.24, 2.45) is 0 Å². The van der Waals surface area contributed by atoms with Crippen LogP contribution >= 0.6 is 15.9 Å². The summed E-state index contributed by atoms with van der Waals surface area (Å²) in [6.07, 6.45) is 0. The highest BCUT2D eigenvalue weighted by atomic mass is 79.9. The standard InChI is InChI=1S/C21H21BrN4O/c1-27-19-8-6-18(7-9-19)25-12-14-26(15-13-25)21-11-10-20(23-24-21)16-2-4-17(22)5-3-16/h2-11H,12-15H2,1H3. The topological polar surface area (TPSA) is 41.5 Å². The molecule has 0 N–H and O–H groups in total. The molecule has 3 aromatic rings. The van der Waals surface area contributed by atoms with Gasteiger partial charge in [-0.2, -0.15) is 0 Å². The number of ether oxygens (including phenoxy) is 1. The molecule has 0 bridgehead atoms. The van der Waals surface area contributed by atoms with Crippen LogP contribution in [0.2, 0.25) is 0 Å². The zero-order chi connectivity index (χ0) is 18.6. The Kier molecular flexibility index (Phi) is 5.25. The zero-order valence-corrected chi connectivity index (χ0v) is 16.8. The summed E-state index contributed by atoms with van der Waals surface area (Å²) in [5, 5.41) is 8.87. The summed E-state index contributed by atoms with van der Waals surface area (Å²) in [4.78, 5) is 4.68. The van der Waals surface area contributed by atoms with Crippen LogP contribution in [0.15, 0.2) is 65.1 Å². The van der Waals surface area contributed by atoms with E-state index < -0.39 is 0 Å². The van der Waals surface area contributed by atoms with E-state index in [2.05, 4.69) is 54.1 Å². The van der Waals surface area contributed by atoms with Gasteiger partial charge < -0.3 is 14.5 Å². The predicted molar refractivity (Wildman–Crippen MR) is 113 cm³/mol. The van der Waals surface area contributed by atoms with Crippen molar-refractivity contribution in [3.63, 3.8) is 0 Å². The Morgan fingerprint density at radius 2 is 1.44 bits per heavy atom. The normalized spacial score (nSPS) is 14.3. The van der Waals surface area contributed by atoms with Gasteiger partial charge in [-0.05, 0) is 48.5 Å². The molecule has 0 saturated carbocycles. The molecule has 1 aliphatic heterocycles. The number of hydrogen-bond acceptors (Lipinski definition) is 5. The minimum Gasteiger partial charge on any atom is -0.497 e. The monoisotopic (exact) mass is 424 g/mol. The lowest BCUT2D eigenvalue weighted by Crippen LogP contribution is -2.46. The fraction of sp³-hybridized carbons (Fsp3) is 0.238. The van der Waals surface area contributed by atoms with Crippen LogP contribution in [0, 0.1) is 0 Å². The molecule has 1 aromatic heterocycles. The summed E-state index contributed by atoms with van der Waals surface area (Å²) >= 11 is 3.46. The number of hydrogen-bond donors (Lipinski definition) is 0. The number of rotatable bonds is 4. The van der Waals surface area contributed by atoms with Crippen molar-refractivity contribution in [2.75, 3.05) is 43.1 Å². The van der Waals surface area contributed by atoms with E-state index in [1.54, 1.807) is 7.11 Å². The predicted octanol–water partition coefficient (Wildman–Crippen LogP) is 4.24. The molecule has 138 valence electrons. The summed E-state index contributed by atoms with van der Waals surface area (Å²) in [5.74, 6) is 1.82. The Morgan fingerprint density at radius 1 is 0.778 bits per heavy atom. The molecule has 0 unspecified atom stereocenters. The summed E-state index contributed by atoms with van der Waals surface area (Å²) in [5.41, 5.74) is 3.19. The quantitative estimate of drug-likeness (QED) is 0.626. The Morgan fingerprint density at radius 3 is 2.04 bits per heavy atom. The Balaban J connectivity index is 1.39. The Labute approximate surface area is 167 Å². The number of benzene rings is 2. The molecule has 1 fully saturated rings. The molecular formula is C21H21BrN4O. The van der Waals surface area contributed by atoms with E-state index >= 15 is 0 Å². The number of anilines is 2. The van der Waals surface area contributed by atoms with Gasteiger partial charge in [0.2, 0.25) is 0 Å². The van der Waals surface area contributed by atoms with Gasteiger partial charge in [-0.1, -0.05) is 28.1 Å². The van der Waals surface area contributed by atoms with Gasteiger partial charge in [-0.25, -0.2) is 0 Å². The second kappa shape index (κ2) is 7.96. The molecule has 0 atom stereocenters. The fourth-order valence-electron chi connectivity index (χ4n) is 3.26. The van der Waals surface area contributed by atoms with Gasteiger partial charge in [-0.15, -0.1) is 10.2 Å². The summed E-state index contributed by atoms with van der Waals surface area (Å²) in [6.45, 7) is 3.78. The number of halogens is 1. The van der Waals surface area contributed by atoms with Crippen LogP contribution in [0.25, 0.3) is 11.3 Å². The molecule has 0 radical (unpaired) electrons. The largest absolute Gasteiger partial charge is 0.497 e. The van der Waals surface area contributed by atoms with Crippen LogP contribution in [0.1, 0.15) is 0 Å². The fourth-order valence-corrected chi connectivity index (χ4v) is 3.52. The molecule has 0 spiro atoms. The molecule has 1 aliphatic rings. The van der Waals surface area contributed by atoms with Crippen molar-refractivity contribution in [3.05, 3.63) is 65.1 Å². The van der Waals surface area contributed by atoms with E-state index in [0.717, 1.165) is 53.5 Å². The second-order valence-electron chi connectivity index (χ2n) is 6.46. The molecule has 5 nitrogen and oxygen atoms in total. The zero-order valence-electron chi connectivity index (χ0n) is 15.2. The van der Waals surface area contributed by atoms with Crippen molar-refractivity contribution in [3.8, 4) is 17.0 Å². The van der Waals surface area contributed by atoms with E-state index in [-0.39, 0.29) is 0 Å². The van der Waals surface area contributed by atoms with Crippen LogP contribution < -0.4 is 14.5 Å². The van der Waals surface area contributed by atoms with E-state index in [0.29, 0.717) is 0 Å². The first-order valence-electron chi connectivity index (χ1n) is 8.96. The highest BCUT2D eigenvalue weighted by Gasteiger charge is 2.18. The third-order valence-electron chi connectivity index (χ3n) is 4.83. The van der Waals surface area contributed by atoms with E-state index in [1.165, 1.54) is 5.69 Å². The molecular weight excluding hydrogens is 404 g/mol. The highest BCUT2D eigenvalue weighted by Crippen LogP contribution is 2.23. The maximum absolute atomic E-state index is 5.23. The molecule has 6 heteroatoms. The van der Waals surface area contributed by atoms with Gasteiger partial charge in [-0.3, -0.25) is 0 Å². The maximum atomic E-state index is 5.23. The van der Waals surface area contributed by atoms with Crippen molar-refractivity contribution in [2.45, 2.75) is 0 Å². The summed E-state index contributed by atoms with van der Waals surface area (Å²) in [6, 6.07) is 20.5. The lowest BCUT2D eigenvalue weighted by molar-refractivity contribution is 0.415. The Hall–Kier alpha value is -2.60. The van der Waals surface area contributed by atoms with Crippen LogP contribution in [-0.2, 0) is 0 Å². The summed E-state index contributed by atoms with van der Waals surface area (Å²) in [7, 11) is 1.69. The lowest BCUT2D eigenvalue weighted by atomic mass is 10.1. The van der Waals surface area contributed by atoms with Gasteiger partial charge in [0, 0.05) is 41.9 Å². The smallest absolute Gasteiger partial charge is 0.151 e. The average Bonchev–Trinajstić information content (AvgIpc) is 2.75. The summed E-state index contributed by atoms with van der Waals surface area (Å²) < 4.78 is 6.30. The highest BCUT2D eigenvalue weighted by molar-refractivity contribution is 9.10. The van der Waals surface area contributed by atoms with Gasteiger partial charge in [0.15, 0.2) is 5.82 Å².